The van der Waals surface area contributed by atoms with Gasteiger partial charge in [0.2, 0.25) is 0 Å². The van der Waals surface area contributed by atoms with E-state index in [1.54, 1.807) is 11.1 Å². The van der Waals surface area contributed by atoms with Crippen LogP contribution in [0.2, 0.25) is 0 Å². The van der Waals surface area contributed by atoms with Crippen LogP contribution in [0.25, 0.3) is 0 Å². The van der Waals surface area contributed by atoms with Crippen molar-refractivity contribution in [1.29, 1.82) is 0 Å². The van der Waals surface area contributed by atoms with Gasteiger partial charge >= 0.3 is 0 Å². The zero-order valence-electron chi connectivity index (χ0n) is 9.88. The number of rotatable bonds is 0. The van der Waals surface area contributed by atoms with E-state index in [0.717, 1.165) is 13.1 Å². The molecule has 14 heavy (non-hydrogen) atoms. The second kappa shape index (κ2) is 5.20. The van der Waals surface area contributed by atoms with Crippen LogP contribution < -0.4 is 0 Å². The summed E-state index contributed by atoms with van der Waals surface area (Å²) in [6, 6.07) is 0. The molecule has 0 aromatic carbocycles. The molecule has 2 rings (SSSR count). The van der Waals surface area contributed by atoms with E-state index in [2.05, 4.69) is 36.2 Å². The fraction of sp³-hybridized carbons (Fsp3) is 0.667. The maximum absolute atomic E-state index is 2.39. The monoisotopic (exact) mass is 194 g/mol. The van der Waals surface area contributed by atoms with E-state index in [9.17, 15) is 0 Å². The van der Waals surface area contributed by atoms with Crippen molar-refractivity contribution in [2.24, 2.45) is 0 Å². The van der Waals surface area contributed by atoms with Crippen LogP contribution in [0.5, 0.6) is 0 Å². The van der Waals surface area contributed by atoms with Gasteiger partial charge in [0.1, 0.15) is 0 Å². The second-order valence-electron chi connectivity index (χ2n) is 3.85. The lowest BCUT2D eigenvalue weighted by atomic mass is 9.98. The first-order valence-corrected chi connectivity index (χ1v) is 5.53. The summed E-state index contributed by atoms with van der Waals surface area (Å²) in [5.41, 5.74) is 3.18. The van der Waals surface area contributed by atoms with Gasteiger partial charge in [-0.2, -0.15) is 0 Å². The molecule has 80 valence electrons. The summed E-state index contributed by atoms with van der Waals surface area (Å²) in [4.78, 5) is 4.64. The molecule has 0 amide bonds. The van der Waals surface area contributed by atoms with Gasteiger partial charge in [0.25, 0.3) is 0 Å². The third-order valence-electron chi connectivity index (χ3n) is 2.65. The Hall–Kier alpha value is -0.760. The average molecular weight is 194 g/mol. The third kappa shape index (κ3) is 2.61. The molecule has 0 unspecified atom stereocenters. The molecule has 0 radical (unpaired) electrons. The van der Waals surface area contributed by atoms with Gasteiger partial charge in [0.05, 0.1) is 0 Å². The fourth-order valence-electron chi connectivity index (χ4n) is 1.92. The lowest BCUT2D eigenvalue weighted by Crippen LogP contribution is -2.33. The highest BCUT2D eigenvalue weighted by Gasteiger charge is 2.17. The number of hydrogen-bond acceptors (Lipinski definition) is 2. The van der Waals surface area contributed by atoms with Crippen molar-refractivity contribution in [3.8, 4) is 0 Å². The Labute approximate surface area is 87.9 Å². The van der Waals surface area contributed by atoms with E-state index < -0.39 is 0 Å². The van der Waals surface area contributed by atoms with Crippen LogP contribution >= 0.6 is 0 Å². The molecule has 0 spiro atoms. The predicted molar refractivity (Wildman–Crippen MR) is 62.3 cm³/mol. The molecule has 2 aliphatic heterocycles. The Kier molecular flexibility index (Phi) is 4.21. The highest BCUT2D eigenvalue weighted by atomic mass is 15.1. The Morgan fingerprint density at radius 3 is 2.57 bits per heavy atom. The van der Waals surface area contributed by atoms with E-state index in [1.165, 1.54) is 13.0 Å². The quantitative estimate of drug-likeness (QED) is 0.583. The molecule has 0 saturated carbocycles. The van der Waals surface area contributed by atoms with Gasteiger partial charge in [0, 0.05) is 26.7 Å². The van der Waals surface area contributed by atoms with Crippen molar-refractivity contribution < 1.29 is 0 Å². The molecule has 0 aliphatic carbocycles. The van der Waals surface area contributed by atoms with Crippen molar-refractivity contribution in [3.63, 3.8) is 0 Å². The summed E-state index contributed by atoms with van der Waals surface area (Å²) in [5.74, 6) is 0. The summed E-state index contributed by atoms with van der Waals surface area (Å²) in [7, 11) is 4.33. The molecule has 2 heteroatoms. The minimum Gasteiger partial charge on any atom is -0.376 e. The van der Waals surface area contributed by atoms with Crippen LogP contribution in [0.3, 0.4) is 0 Å². The minimum atomic E-state index is 1.12. The molecule has 0 N–H and O–H groups in total. The van der Waals surface area contributed by atoms with Crippen molar-refractivity contribution in [1.82, 2.24) is 9.80 Å². The second-order valence-corrected chi connectivity index (χ2v) is 3.85. The average Bonchev–Trinajstić information content (AvgIpc) is 2.20. The van der Waals surface area contributed by atoms with Gasteiger partial charge in [-0.25, -0.2) is 0 Å². The van der Waals surface area contributed by atoms with Gasteiger partial charge in [-0.05, 0) is 36.9 Å². The molecule has 0 saturated heterocycles. The SMILES string of the molecule is CC.CN1C=CC2=C(C1)CN(C)CC2. The summed E-state index contributed by atoms with van der Waals surface area (Å²) >= 11 is 0. The topological polar surface area (TPSA) is 6.48 Å². The third-order valence-corrected chi connectivity index (χ3v) is 2.65. The Morgan fingerprint density at radius 1 is 1.14 bits per heavy atom. The van der Waals surface area contributed by atoms with Crippen LogP contribution in [-0.4, -0.2) is 43.5 Å². The molecule has 2 nitrogen and oxygen atoms in total. The van der Waals surface area contributed by atoms with E-state index in [0.29, 0.717) is 0 Å². The molecule has 0 aromatic heterocycles. The predicted octanol–water partition coefficient (Wildman–Crippen LogP) is 2.10. The van der Waals surface area contributed by atoms with Gasteiger partial charge in [-0.3, -0.25) is 0 Å². The first-order chi connectivity index (χ1) is 6.75. The van der Waals surface area contributed by atoms with Crippen LogP contribution in [-0.2, 0) is 0 Å². The minimum absolute atomic E-state index is 1.12. The van der Waals surface area contributed by atoms with E-state index >= 15 is 0 Å². The normalized spacial score (nSPS) is 21.6. The van der Waals surface area contributed by atoms with Crippen LogP contribution in [0.1, 0.15) is 20.3 Å². The van der Waals surface area contributed by atoms with Crippen LogP contribution in [0.4, 0.5) is 0 Å². The van der Waals surface area contributed by atoms with E-state index in [-0.39, 0.29) is 0 Å². The van der Waals surface area contributed by atoms with Gasteiger partial charge in [-0.1, -0.05) is 13.8 Å². The van der Waals surface area contributed by atoms with Gasteiger partial charge in [-0.15, -0.1) is 0 Å². The summed E-state index contributed by atoms with van der Waals surface area (Å²) in [6.45, 7) is 7.49. The van der Waals surface area contributed by atoms with Crippen molar-refractivity contribution in [2.45, 2.75) is 20.3 Å². The smallest absolute Gasteiger partial charge is 0.0398 e. The van der Waals surface area contributed by atoms with Crippen LogP contribution in [0, 0.1) is 0 Å². The highest BCUT2D eigenvalue weighted by molar-refractivity contribution is 5.32. The zero-order valence-corrected chi connectivity index (χ0v) is 9.88. The summed E-state index contributed by atoms with van der Waals surface area (Å²) in [6.07, 6.45) is 5.69. The Morgan fingerprint density at radius 2 is 1.86 bits per heavy atom. The Bertz CT molecular complexity index is 241. The molecule has 0 aromatic rings. The Balaban J connectivity index is 0.000000461. The molecular weight excluding hydrogens is 172 g/mol. The maximum atomic E-state index is 2.39. The standard InChI is InChI=1S/C10H16N2.C2H6/c1-11-5-3-9-4-6-12(2)8-10(9)7-11;1-2/h3,5H,4,6-8H2,1-2H3;1-2H3. The van der Waals surface area contributed by atoms with Crippen molar-refractivity contribution in [3.05, 3.63) is 23.4 Å². The fourth-order valence-corrected chi connectivity index (χ4v) is 1.92. The first kappa shape index (κ1) is 11.3. The summed E-state index contributed by atoms with van der Waals surface area (Å²) < 4.78 is 0. The lowest BCUT2D eigenvalue weighted by Gasteiger charge is -2.31. The molecule has 0 atom stereocenters. The molecule has 0 fully saturated rings. The largest absolute Gasteiger partial charge is 0.376 e. The van der Waals surface area contributed by atoms with Gasteiger partial charge < -0.3 is 9.80 Å². The van der Waals surface area contributed by atoms with Crippen molar-refractivity contribution >= 4 is 0 Å². The molecule has 2 heterocycles. The van der Waals surface area contributed by atoms with E-state index in [1.807, 2.05) is 13.8 Å². The number of nitrogens with zero attached hydrogens (tertiary/aromatic N) is 2. The number of allylic oxidation sites excluding steroid dienone is 1. The van der Waals surface area contributed by atoms with E-state index in [4.69, 9.17) is 0 Å². The van der Waals surface area contributed by atoms with Gasteiger partial charge in [0.15, 0.2) is 0 Å². The summed E-state index contributed by atoms with van der Waals surface area (Å²) in [5, 5.41) is 0. The maximum Gasteiger partial charge on any atom is 0.0398 e. The lowest BCUT2D eigenvalue weighted by molar-refractivity contribution is 0.330. The number of likely N-dealkylation sites (N-methyl/N-ethyl adjacent to an activating group) is 2. The molecule has 0 bridgehead atoms. The number of hydrogen-bond donors (Lipinski definition) is 0. The first-order valence-electron chi connectivity index (χ1n) is 5.53. The molecular formula is C12H22N2. The van der Waals surface area contributed by atoms with Crippen molar-refractivity contribution in [2.75, 3.05) is 33.7 Å². The highest BCUT2D eigenvalue weighted by Crippen LogP contribution is 2.21. The van der Waals surface area contributed by atoms with Crippen LogP contribution in [0.15, 0.2) is 23.4 Å². The molecule has 2 aliphatic rings. The zero-order chi connectivity index (χ0) is 10.6.